The third-order valence-corrected chi connectivity index (χ3v) is 4.93. The Kier molecular flexibility index (Phi) is 6.22. The number of anilines is 2. The molecule has 0 spiro atoms. The molecule has 0 saturated carbocycles. The van der Waals surface area contributed by atoms with Crippen molar-refractivity contribution in [1.82, 2.24) is 20.5 Å². The molecule has 32 heavy (non-hydrogen) atoms. The van der Waals surface area contributed by atoms with E-state index in [-0.39, 0.29) is 30.6 Å². The molecule has 3 aromatic rings. The van der Waals surface area contributed by atoms with E-state index in [1.54, 1.807) is 49.6 Å². The molecular formula is C22H22N6O4. The number of rotatable bonds is 7. The Labute approximate surface area is 183 Å². The monoisotopic (exact) mass is 434 g/mol. The zero-order chi connectivity index (χ0) is 22.5. The summed E-state index contributed by atoms with van der Waals surface area (Å²) >= 11 is 0. The number of carbonyl (C=O) groups excluding carboxylic acids is 3. The van der Waals surface area contributed by atoms with Crippen LogP contribution in [0.25, 0.3) is 11.4 Å². The molecule has 1 aliphatic heterocycles. The van der Waals surface area contributed by atoms with Crippen LogP contribution in [0, 0.1) is 0 Å². The number of hydrogen-bond donors (Lipinski definition) is 4. The number of benzene rings is 2. The fraction of sp³-hybridized carbons (Fsp3) is 0.227. The molecule has 4 N–H and O–H groups in total. The van der Waals surface area contributed by atoms with Crippen LogP contribution < -0.4 is 16.0 Å². The van der Waals surface area contributed by atoms with Crippen molar-refractivity contribution in [3.63, 3.8) is 0 Å². The van der Waals surface area contributed by atoms with Gasteiger partial charge in [-0.2, -0.15) is 5.10 Å². The maximum absolute atomic E-state index is 12.5. The largest absolute Gasteiger partial charge is 0.377 e. The van der Waals surface area contributed by atoms with E-state index in [2.05, 4.69) is 31.1 Å². The Morgan fingerprint density at radius 1 is 1.16 bits per heavy atom. The highest BCUT2D eigenvalue weighted by molar-refractivity contribution is 6.10. The van der Waals surface area contributed by atoms with Crippen LogP contribution >= 0.6 is 0 Å². The average Bonchev–Trinajstić information content (AvgIpc) is 3.21. The lowest BCUT2D eigenvalue weighted by atomic mass is 10.1. The quantitative estimate of drug-likeness (QED) is 0.449. The van der Waals surface area contributed by atoms with Crippen LogP contribution in [0.5, 0.6) is 0 Å². The minimum atomic E-state index is -0.806. The molecule has 3 amide bonds. The van der Waals surface area contributed by atoms with Gasteiger partial charge < -0.3 is 20.7 Å². The summed E-state index contributed by atoms with van der Waals surface area (Å²) in [6, 6.07) is 13.1. The van der Waals surface area contributed by atoms with Gasteiger partial charge in [0.2, 0.25) is 11.8 Å². The number of carbonyl (C=O) groups is 3. The third kappa shape index (κ3) is 4.81. The number of aromatic amines is 1. The lowest BCUT2D eigenvalue weighted by Gasteiger charge is -2.14. The third-order valence-electron chi connectivity index (χ3n) is 4.93. The second kappa shape index (κ2) is 9.40. The topological polar surface area (TPSA) is 138 Å². The van der Waals surface area contributed by atoms with Crippen LogP contribution in [0.3, 0.4) is 0 Å². The number of methoxy groups -OCH3 is 1. The number of para-hydroxylation sites is 1. The second-order valence-electron chi connectivity index (χ2n) is 7.27. The van der Waals surface area contributed by atoms with Gasteiger partial charge in [0.05, 0.1) is 11.3 Å². The molecule has 4 rings (SSSR count). The summed E-state index contributed by atoms with van der Waals surface area (Å²) in [4.78, 5) is 41.7. The normalized spacial score (nSPS) is 15.3. The molecule has 0 saturated heterocycles. The highest BCUT2D eigenvalue weighted by atomic mass is 16.5. The maximum Gasteiger partial charge on any atom is 0.254 e. The van der Waals surface area contributed by atoms with Gasteiger partial charge in [0.15, 0.2) is 11.6 Å². The van der Waals surface area contributed by atoms with Gasteiger partial charge in [-0.05, 0) is 30.7 Å². The van der Waals surface area contributed by atoms with E-state index in [1.165, 1.54) is 0 Å². The molecule has 0 aliphatic carbocycles. The van der Waals surface area contributed by atoms with Crippen molar-refractivity contribution >= 4 is 29.1 Å². The molecular weight excluding hydrogens is 412 g/mol. The van der Waals surface area contributed by atoms with Crippen molar-refractivity contribution in [2.45, 2.75) is 25.5 Å². The average molecular weight is 434 g/mol. The Morgan fingerprint density at radius 2 is 2.00 bits per heavy atom. The van der Waals surface area contributed by atoms with Crippen LogP contribution in [-0.2, 0) is 20.9 Å². The number of fused-ring (bicyclic) bond motifs is 1. The Morgan fingerprint density at radius 3 is 2.84 bits per heavy atom. The number of amides is 3. The van der Waals surface area contributed by atoms with Crippen LogP contribution in [0.15, 0.2) is 48.5 Å². The molecule has 2 heterocycles. The lowest BCUT2D eigenvalue weighted by Crippen LogP contribution is -2.41. The van der Waals surface area contributed by atoms with Crippen LogP contribution in [0.4, 0.5) is 11.4 Å². The van der Waals surface area contributed by atoms with Crippen molar-refractivity contribution in [2.24, 2.45) is 0 Å². The first-order valence-corrected chi connectivity index (χ1v) is 10.0. The number of nitrogens with one attached hydrogen (secondary N) is 4. The van der Waals surface area contributed by atoms with Gasteiger partial charge in [0, 0.05) is 24.8 Å². The number of aromatic nitrogens is 3. The van der Waals surface area contributed by atoms with Crippen molar-refractivity contribution in [3.05, 3.63) is 59.9 Å². The SMILES string of the molecule is COCc1nc(-c2cccc(NC(=O)CC[C@@H]3NC(=O)c4ccccc4NC3=O)c2)n[nH]1. The van der Waals surface area contributed by atoms with Gasteiger partial charge in [-0.1, -0.05) is 24.3 Å². The number of H-pyrrole nitrogens is 1. The van der Waals surface area contributed by atoms with E-state index >= 15 is 0 Å². The van der Waals surface area contributed by atoms with E-state index in [4.69, 9.17) is 4.74 Å². The van der Waals surface area contributed by atoms with Gasteiger partial charge in [-0.25, -0.2) is 4.98 Å². The van der Waals surface area contributed by atoms with Crippen molar-refractivity contribution in [2.75, 3.05) is 17.7 Å². The number of ether oxygens (including phenoxy) is 1. The lowest BCUT2D eigenvalue weighted by molar-refractivity contribution is -0.118. The first kappa shape index (κ1) is 21.2. The summed E-state index contributed by atoms with van der Waals surface area (Å²) in [5.74, 6) is 0.111. The summed E-state index contributed by atoms with van der Waals surface area (Å²) in [7, 11) is 1.57. The van der Waals surface area contributed by atoms with Crippen LogP contribution in [0.1, 0.15) is 29.0 Å². The predicted octanol–water partition coefficient (Wildman–Crippen LogP) is 2.09. The fourth-order valence-electron chi connectivity index (χ4n) is 3.38. The minimum Gasteiger partial charge on any atom is -0.377 e. The molecule has 10 heteroatoms. The number of hydrogen-bond acceptors (Lipinski definition) is 6. The van der Waals surface area contributed by atoms with Gasteiger partial charge in [-0.15, -0.1) is 0 Å². The molecule has 0 bridgehead atoms. The van der Waals surface area contributed by atoms with E-state index < -0.39 is 6.04 Å². The first-order chi connectivity index (χ1) is 15.5. The van der Waals surface area contributed by atoms with Gasteiger partial charge >= 0.3 is 0 Å². The zero-order valence-electron chi connectivity index (χ0n) is 17.3. The molecule has 164 valence electrons. The second-order valence-corrected chi connectivity index (χ2v) is 7.27. The smallest absolute Gasteiger partial charge is 0.254 e. The fourth-order valence-corrected chi connectivity index (χ4v) is 3.38. The Bertz CT molecular complexity index is 1160. The molecule has 10 nitrogen and oxygen atoms in total. The summed E-state index contributed by atoms with van der Waals surface area (Å²) in [6.45, 7) is 0.319. The summed E-state index contributed by atoms with van der Waals surface area (Å²) < 4.78 is 5.03. The summed E-state index contributed by atoms with van der Waals surface area (Å²) in [5, 5.41) is 15.2. The molecule has 0 fully saturated rings. The molecule has 2 aromatic carbocycles. The van der Waals surface area contributed by atoms with Crippen LogP contribution in [0.2, 0.25) is 0 Å². The molecule has 1 atom stereocenters. The zero-order valence-corrected chi connectivity index (χ0v) is 17.3. The predicted molar refractivity (Wildman–Crippen MR) is 117 cm³/mol. The minimum absolute atomic E-state index is 0.0532. The van der Waals surface area contributed by atoms with Gasteiger partial charge in [0.25, 0.3) is 5.91 Å². The summed E-state index contributed by atoms with van der Waals surface area (Å²) in [6.07, 6.45) is 0.218. The van der Waals surface area contributed by atoms with Crippen molar-refractivity contribution < 1.29 is 19.1 Å². The molecule has 0 unspecified atom stereocenters. The maximum atomic E-state index is 12.5. The van der Waals surface area contributed by atoms with Gasteiger partial charge in [0.1, 0.15) is 12.6 Å². The van der Waals surface area contributed by atoms with Crippen molar-refractivity contribution in [3.8, 4) is 11.4 Å². The standard InChI is InChI=1S/C22H22N6O4/c1-32-12-18-26-20(28-27-18)13-5-4-6-14(11-13)23-19(29)10-9-17-22(31)24-16-8-3-2-7-15(16)21(30)25-17/h2-8,11,17H,9-10,12H2,1H3,(H,23,29)(H,24,31)(H,25,30)(H,26,27,28)/t17-/m0/s1. The molecule has 0 radical (unpaired) electrons. The van der Waals surface area contributed by atoms with E-state index in [1.807, 2.05) is 6.07 Å². The first-order valence-electron chi connectivity index (χ1n) is 10.0. The highest BCUT2D eigenvalue weighted by Crippen LogP contribution is 2.21. The summed E-state index contributed by atoms with van der Waals surface area (Å²) in [5.41, 5.74) is 2.16. The van der Waals surface area contributed by atoms with Gasteiger partial charge in [-0.3, -0.25) is 19.5 Å². The molecule has 1 aliphatic rings. The van der Waals surface area contributed by atoms with Crippen molar-refractivity contribution in [1.29, 1.82) is 0 Å². The van der Waals surface area contributed by atoms with E-state index in [0.717, 1.165) is 5.56 Å². The number of nitrogens with zero attached hydrogens (tertiary/aromatic N) is 2. The Hall–Kier alpha value is -4.05. The Balaban J connectivity index is 1.36. The van der Waals surface area contributed by atoms with E-state index in [9.17, 15) is 14.4 Å². The van der Waals surface area contributed by atoms with Crippen LogP contribution in [-0.4, -0.2) is 46.1 Å². The highest BCUT2D eigenvalue weighted by Gasteiger charge is 2.27. The van der Waals surface area contributed by atoms with E-state index in [0.29, 0.717) is 35.2 Å². The molecule has 1 aromatic heterocycles.